The third kappa shape index (κ3) is 4.69. The van der Waals surface area contributed by atoms with Crippen molar-refractivity contribution in [3.63, 3.8) is 0 Å². The van der Waals surface area contributed by atoms with Crippen molar-refractivity contribution in [2.75, 3.05) is 0 Å². The Bertz CT molecular complexity index is 419. The average Bonchev–Trinajstić information content (AvgIpc) is 2.36. The summed E-state index contributed by atoms with van der Waals surface area (Å²) in [7, 11) is 0. The van der Waals surface area contributed by atoms with Crippen LogP contribution in [-0.2, 0) is 11.2 Å². The molecule has 1 aromatic heterocycles. The highest BCUT2D eigenvalue weighted by Crippen LogP contribution is 2.38. The first-order chi connectivity index (χ1) is 9.05. The number of hydrogen-bond acceptors (Lipinski definition) is 2. The standard InChI is InChI=1S/C15H19F2NO/c16-15(17)8-3-4-12(11-15)10-14(19)7-6-13-5-1-2-9-18-13/h1-2,5,9,12H,3-4,6-8,10-11H2. The number of carbonyl (C=O) groups is 1. The number of nitrogens with zero attached hydrogens (tertiary/aromatic N) is 1. The van der Waals surface area contributed by atoms with Gasteiger partial charge in [-0.25, -0.2) is 8.78 Å². The summed E-state index contributed by atoms with van der Waals surface area (Å²) in [5.41, 5.74) is 0.879. The number of halogens is 2. The fourth-order valence-corrected chi connectivity index (χ4v) is 2.69. The Morgan fingerprint density at radius 1 is 1.42 bits per heavy atom. The molecule has 4 heteroatoms. The molecule has 0 N–H and O–H groups in total. The molecule has 1 atom stereocenters. The minimum Gasteiger partial charge on any atom is -0.300 e. The second kappa shape index (κ2) is 6.22. The summed E-state index contributed by atoms with van der Waals surface area (Å²) in [6.07, 6.45) is 4.13. The Morgan fingerprint density at radius 2 is 2.26 bits per heavy atom. The van der Waals surface area contributed by atoms with Gasteiger partial charge in [-0.3, -0.25) is 9.78 Å². The van der Waals surface area contributed by atoms with Gasteiger partial charge in [0, 0.05) is 37.6 Å². The zero-order valence-corrected chi connectivity index (χ0v) is 10.9. The zero-order chi connectivity index (χ0) is 13.7. The molecule has 0 amide bonds. The molecule has 2 nitrogen and oxygen atoms in total. The summed E-state index contributed by atoms with van der Waals surface area (Å²) < 4.78 is 26.5. The first kappa shape index (κ1) is 14.1. The summed E-state index contributed by atoms with van der Waals surface area (Å²) in [6, 6.07) is 5.59. The maximum Gasteiger partial charge on any atom is 0.248 e. The lowest BCUT2D eigenvalue weighted by Gasteiger charge is -2.28. The smallest absolute Gasteiger partial charge is 0.248 e. The largest absolute Gasteiger partial charge is 0.300 e. The minimum absolute atomic E-state index is 0.0222. The van der Waals surface area contributed by atoms with E-state index in [-0.39, 0.29) is 24.5 Å². The highest BCUT2D eigenvalue weighted by atomic mass is 19.3. The fraction of sp³-hybridized carbons (Fsp3) is 0.600. The van der Waals surface area contributed by atoms with Gasteiger partial charge >= 0.3 is 0 Å². The molecule has 0 radical (unpaired) electrons. The molecule has 1 heterocycles. The minimum atomic E-state index is -2.57. The van der Waals surface area contributed by atoms with Gasteiger partial charge in [0.15, 0.2) is 0 Å². The summed E-state index contributed by atoms with van der Waals surface area (Å²) in [5.74, 6) is -2.63. The van der Waals surface area contributed by atoms with E-state index < -0.39 is 5.92 Å². The molecular weight excluding hydrogens is 248 g/mol. The van der Waals surface area contributed by atoms with Crippen LogP contribution in [0.4, 0.5) is 8.78 Å². The molecule has 1 aliphatic carbocycles. The van der Waals surface area contributed by atoms with Gasteiger partial charge in [-0.05, 0) is 37.3 Å². The van der Waals surface area contributed by atoms with Crippen molar-refractivity contribution in [3.05, 3.63) is 30.1 Å². The molecule has 0 aliphatic heterocycles. The SMILES string of the molecule is O=C(CCc1ccccn1)CC1CCCC(F)(F)C1. The third-order valence-electron chi connectivity index (χ3n) is 3.64. The number of pyridine rings is 1. The number of carbonyl (C=O) groups excluding carboxylic acids is 1. The van der Waals surface area contributed by atoms with Crippen molar-refractivity contribution in [2.24, 2.45) is 5.92 Å². The lowest BCUT2D eigenvalue weighted by molar-refractivity contribution is -0.121. The Hall–Kier alpha value is -1.32. The van der Waals surface area contributed by atoms with E-state index >= 15 is 0 Å². The van der Waals surface area contributed by atoms with Crippen LogP contribution in [0.15, 0.2) is 24.4 Å². The number of rotatable bonds is 5. The predicted octanol–water partition coefficient (Wildman–Crippen LogP) is 3.80. The first-order valence-corrected chi connectivity index (χ1v) is 6.85. The van der Waals surface area contributed by atoms with Crippen molar-refractivity contribution >= 4 is 5.78 Å². The average molecular weight is 267 g/mol. The van der Waals surface area contributed by atoms with Crippen LogP contribution >= 0.6 is 0 Å². The van der Waals surface area contributed by atoms with E-state index in [4.69, 9.17) is 0 Å². The van der Waals surface area contributed by atoms with Crippen LogP contribution in [0.3, 0.4) is 0 Å². The van der Waals surface area contributed by atoms with Gasteiger partial charge in [0.2, 0.25) is 5.92 Å². The van der Waals surface area contributed by atoms with Crippen LogP contribution < -0.4 is 0 Å². The molecule has 1 fully saturated rings. The topological polar surface area (TPSA) is 30.0 Å². The first-order valence-electron chi connectivity index (χ1n) is 6.85. The normalized spacial score (nSPS) is 22.1. The quantitative estimate of drug-likeness (QED) is 0.812. The maximum absolute atomic E-state index is 13.2. The predicted molar refractivity (Wildman–Crippen MR) is 69.1 cm³/mol. The molecule has 0 bridgehead atoms. The summed E-state index contributed by atoms with van der Waals surface area (Å²) in [5, 5.41) is 0. The van der Waals surface area contributed by atoms with E-state index in [0.717, 1.165) is 12.1 Å². The van der Waals surface area contributed by atoms with Gasteiger partial charge in [0.1, 0.15) is 5.78 Å². The van der Waals surface area contributed by atoms with Crippen molar-refractivity contribution in [1.29, 1.82) is 0 Å². The van der Waals surface area contributed by atoms with E-state index in [1.807, 2.05) is 18.2 Å². The van der Waals surface area contributed by atoms with Crippen molar-refractivity contribution in [3.8, 4) is 0 Å². The molecule has 0 saturated heterocycles. The van der Waals surface area contributed by atoms with Gasteiger partial charge in [-0.15, -0.1) is 0 Å². The van der Waals surface area contributed by atoms with Crippen LogP contribution in [-0.4, -0.2) is 16.7 Å². The van der Waals surface area contributed by atoms with Crippen LogP contribution in [0.1, 0.15) is 44.2 Å². The summed E-state index contributed by atoms with van der Waals surface area (Å²) >= 11 is 0. The monoisotopic (exact) mass is 267 g/mol. The van der Waals surface area contributed by atoms with E-state index in [0.29, 0.717) is 25.7 Å². The maximum atomic E-state index is 13.2. The Balaban J connectivity index is 1.75. The molecule has 1 aromatic rings. The van der Waals surface area contributed by atoms with Crippen LogP contribution in [0.2, 0.25) is 0 Å². The summed E-state index contributed by atoms with van der Waals surface area (Å²) in [4.78, 5) is 16.0. The highest BCUT2D eigenvalue weighted by Gasteiger charge is 2.36. The van der Waals surface area contributed by atoms with E-state index in [1.54, 1.807) is 6.20 Å². The van der Waals surface area contributed by atoms with Crippen LogP contribution in [0, 0.1) is 5.92 Å². The summed E-state index contributed by atoms with van der Waals surface area (Å²) in [6.45, 7) is 0. The Kier molecular flexibility index (Phi) is 4.61. The van der Waals surface area contributed by atoms with E-state index in [9.17, 15) is 13.6 Å². The molecule has 1 saturated carbocycles. The lowest BCUT2D eigenvalue weighted by Crippen LogP contribution is -2.27. The van der Waals surface area contributed by atoms with Crippen molar-refractivity contribution in [1.82, 2.24) is 4.98 Å². The fourth-order valence-electron chi connectivity index (χ4n) is 2.69. The molecule has 0 aromatic carbocycles. The highest BCUT2D eigenvalue weighted by molar-refractivity contribution is 5.78. The lowest BCUT2D eigenvalue weighted by atomic mass is 9.83. The second-order valence-corrected chi connectivity index (χ2v) is 5.38. The van der Waals surface area contributed by atoms with E-state index in [2.05, 4.69) is 4.98 Å². The number of Topliss-reactive ketones (excluding diaryl/α,β-unsaturated/α-hetero) is 1. The molecular formula is C15H19F2NO. The molecule has 0 spiro atoms. The number of alkyl halides is 2. The number of aromatic nitrogens is 1. The van der Waals surface area contributed by atoms with Gasteiger partial charge in [-0.1, -0.05) is 6.07 Å². The van der Waals surface area contributed by atoms with Crippen LogP contribution in [0.5, 0.6) is 0 Å². The van der Waals surface area contributed by atoms with Gasteiger partial charge in [-0.2, -0.15) is 0 Å². The second-order valence-electron chi connectivity index (χ2n) is 5.38. The van der Waals surface area contributed by atoms with Crippen molar-refractivity contribution in [2.45, 2.75) is 50.9 Å². The number of hydrogen-bond donors (Lipinski definition) is 0. The third-order valence-corrected chi connectivity index (χ3v) is 3.64. The van der Waals surface area contributed by atoms with Gasteiger partial charge < -0.3 is 0 Å². The molecule has 1 unspecified atom stereocenters. The Labute approximate surface area is 112 Å². The molecule has 19 heavy (non-hydrogen) atoms. The van der Waals surface area contributed by atoms with Crippen LogP contribution in [0.25, 0.3) is 0 Å². The number of ketones is 1. The number of aryl methyl sites for hydroxylation is 1. The van der Waals surface area contributed by atoms with Gasteiger partial charge in [0.05, 0.1) is 0 Å². The zero-order valence-electron chi connectivity index (χ0n) is 10.9. The molecule has 104 valence electrons. The Morgan fingerprint density at radius 3 is 2.95 bits per heavy atom. The van der Waals surface area contributed by atoms with Crippen molar-refractivity contribution < 1.29 is 13.6 Å². The molecule has 1 aliphatic rings. The molecule has 2 rings (SSSR count). The van der Waals surface area contributed by atoms with Gasteiger partial charge in [0.25, 0.3) is 0 Å². The van der Waals surface area contributed by atoms with E-state index in [1.165, 1.54) is 0 Å².